The van der Waals surface area contributed by atoms with Crippen molar-refractivity contribution < 1.29 is 81.2 Å². The van der Waals surface area contributed by atoms with Gasteiger partial charge in [0.05, 0.1) is 38.9 Å². The van der Waals surface area contributed by atoms with Crippen LogP contribution in [0.15, 0.2) is 91.0 Å². The molecule has 3 N–H and O–H groups in total. The molecule has 0 radical (unpaired) electrons. The van der Waals surface area contributed by atoms with E-state index in [1.165, 1.54) is 7.05 Å². The zero-order chi connectivity index (χ0) is 47.8. The number of carbonyl (C=O) groups is 6. The first-order chi connectivity index (χ1) is 31.6. The lowest BCUT2D eigenvalue weighted by Crippen LogP contribution is -2.70. The summed E-state index contributed by atoms with van der Waals surface area (Å²) in [5.74, 6) is -7.53. The summed E-state index contributed by atoms with van der Waals surface area (Å²) < 4.78 is 60.7. The fourth-order valence-electron chi connectivity index (χ4n) is 7.64. The van der Waals surface area contributed by atoms with Crippen molar-refractivity contribution in [1.82, 2.24) is 10.6 Å². The second-order valence-electron chi connectivity index (χ2n) is 15.7. The van der Waals surface area contributed by atoms with Crippen LogP contribution >= 0.6 is 0 Å². The Morgan fingerprint density at radius 3 is 1.73 bits per heavy atom. The van der Waals surface area contributed by atoms with Gasteiger partial charge in [0, 0.05) is 41.7 Å². The number of aliphatic hydroxyl groups is 1. The molecule has 2 aliphatic rings. The average Bonchev–Trinajstić information content (AvgIpc) is 3.28. The first kappa shape index (κ1) is 51.2. The third-order valence-electron chi connectivity index (χ3n) is 10.5. The van der Waals surface area contributed by atoms with Crippen LogP contribution in [-0.4, -0.2) is 128 Å². The van der Waals surface area contributed by atoms with Crippen molar-refractivity contribution in [3.05, 3.63) is 108 Å². The van der Waals surface area contributed by atoms with E-state index in [1.807, 2.05) is 91.0 Å². The number of ether oxygens (including phenoxy) is 10. The van der Waals surface area contributed by atoms with Gasteiger partial charge in [-0.05, 0) is 16.7 Å². The lowest BCUT2D eigenvalue weighted by Gasteiger charge is -2.50. The van der Waals surface area contributed by atoms with Gasteiger partial charge in [0.2, 0.25) is 5.91 Å². The van der Waals surface area contributed by atoms with Crippen LogP contribution in [0.25, 0.3) is 0 Å². The third-order valence-corrected chi connectivity index (χ3v) is 10.5. The number of aliphatic hydroxyl groups excluding tert-OH is 1. The van der Waals surface area contributed by atoms with Gasteiger partial charge in [0.15, 0.2) is 18.5 Å². The summed E-state index contributed by atoms with van der Waals surface area (Å²) in [5, 5.41) is 17.4. The van der Waals surface area contributed by atoms with Gasteiger partial charge >= 0.3 is 23.9 Å². The largest absolute Gasteiger partial charge is 0.462 e. The molecular formula is C47H58N2O17. The van der Waals surface area contributed by atoms with E-state index in [9.17, 15) is 33.9 Å². The van der Waals surface area contributed by atoms with E-state index in [4.69, 9.17) is 47.4 Å². The van der Waals surface area contributed by atoms with E-state index < -0.39 is 122 Å². The Labute approximate surface area is 382 Å². The molecular weight excluding hydrogens is 865 g/mol. The van der Waals surface area contributed by atoms with Gasteiger partial charge in [-0.3, -0.25) is 28.8 Å². The fraction of sp³-hybridized carbons (Fsp3) is 0.489. The number of likely N-dealkylation sites (N-methyl/N-ethyl adjacent to an activating group) is 1. The van der Waals surface area contributed by atoms with E-state index >= 15 is 0 Å². The SMILES string of the molecule is CNC(=O)[C@@]1(OC[C@H]2O[C@@H](OCc3ccccc3)[C@H](OCc3ccccc3)[C@@H](OCc3ccccc3)[C@H]2O)C[C@H](OC(C)=O)[C@@H](NC(C)=O)[C@H]([C@H](OC(C)=O)[C@@H](COC(C)=O)OC(C)=O)O1. The number of carbonyl (C=O) groups excluding carboxylic acids is 6. The normalized spacial score (nSPS) is 25.9. The Morgan fingerprint density at radius 1 is 0.712 bits per heavy atom. The summed E-state index contributed by atoms with van der Waals surface area (Å²) in [5.41, 5.74) is 2.42. The van der Waals surface area contributed by atoms with Crippen LogP contribution in [-0.2, 0) is 96.0 Å². The highest BCUT2D eigenvalue weighted by Gasteiger charge is 2.59. The maximum absolute atomic E-state index is 14.3. The molecule has 66 heavy (non-hydrogen) atoms. The number of esters is 4. The van der Waals surface area contributed by atoms with E-state index in [0.717, 1.165) is 51.3 Å². The lowest BCUT2D eigenvalue weighted by molar-refractivity contribution is -0.345. The first-order valence-corrected chi connectivity index (χ1v) is 21.3. The van der Waals surface area contributed by atoms with Crippen LogP contribution in [0.1, 0.15) is 57.7 Å². The molecule has 2 fully saturated rings. The van der Waals surface area contributed by atoms with Gasteiger partial charge in [-0.2, -0.15) is 0 Å². The molecule has 2 aliphatic heterocycles. The van der Waals surface area contributed by atoms with Crippen molar-refractivity contribution >= 4 is 35.7 Å². The van der Waals surface area contributed by atoms with E-state index in [2.05, 4.69) is 10.6 Å². The third kappa shape index (κ3) is 14.6. The maximum Gasteiger partial charge on any atom is 0.303 e. The minimum Gasteiger partial charge on any atom is -0.462 e. The molecule has 19 nitrogen and oxygen atoms in total. The summed E-state index contributed by atoms with van der Waals surface area (Å²) in [6.45, 7) is 4.34. The first-order valence-electron chi connectivity index (χ1n) is 21.3. The second kappa shape index (κ2) is 24.6. The van der Waals surface area contributed by atoms with Gasteiger partial charge in [-0.15, -0.1) is 0 Å². The molecule has 0 saturated carbocycles. The van der Waals surface area contributed by atoms with Crippen molar-refractivity contribution in [2.75, 3.05) is 20.3 Å². The van der Waals surface area contributed by atoms with Crippen LogP contribution < -0.4 is 10.6 Å². The van der Waals surface area contributed by atoms with Crippen molar-refractivity contribution in [2.45, 2.75) is 128 Å². The molecule has 2 saturated heterocycles. The molecule has 19 heteroatoms. The van der Waals surface area contributed by atoms with E-state index in [0.29, 0.717) is 0 Å². The van der Waals surface area contributed by atoms with Gasteiger partial charge < -0.3 is 63.1 Å². The van der Waals surface area contributed by atoms with E-state index in [-0.39, 0.29) is 19.8 Å². The molecule has 0 aromatic heterocycles. The molecule has 11 atom stereocenters. The lowest BCUT2D eigenvalue weighted by atomic mass is 9.87. The van der Waals surface area contributed by atoms with Gasteiger partial charge in [0.25, 0.3) is 11.7 Å². The van der Waals surface area contributed by atoms with Crippen LogP contribution in [0.2, 0.25) is 0 Å². The Kier molecular flexibility index (Phi) is 19.1. The van der Waals surface area contributed by atoms with Crippen molar-refractivity contribution in [3.8, 4) is 0 Å². The maximum atomic E-state index is 14.3. The predicted octanol–water partition coefficient (Wildman–Crippen LogP) is 2.57. The summed E-state index contributed by atoms with van der Waals surface area (Å²) in [6, 6.07) is 26.5. The molecule has 5 rings (SSSR count). The van der Waals surface area contributed by atoms with Crippen LogP contribution in [0.4, 0.5) is 0 Å². The number of nitrogens with one attached hydrogen (secondary N) is 2. The highest BCUT2D eigenvalue weighted by molar-refractivity contribution is 5.84. The van der Waals surface area contributed by atoms with Crippen LogP contribution in [0.5, 0.6) is 0 Å². The molecule has 358 valence electrons. The van der Waals surface area contributed by atoms with Crippen molar-refractivity contribution in [2.24, 2.45) is 0 Å². The van der Waals surface area contributed by atoms with E-state index in [1.54, 1.807) is 0 Å². The Morgan fingerprint density at radius 2 is 1.24 bits per heavy atom. The Balaban J connectivity index is 1.56. The van der Waals surface area contributed by atoms with Gasteiger partial charge in [-0.1, -0.05) is 91.0 Å². The number of amides is 2. The topological polar surface area (TPSA) is 239 Å². The van der Waals surface area contributed by atoms with Crippen LogP contribution in [0, 0.1) is 0 Å². The van der Waals surface area contributed by atoms with Gasteiger partial charge in [0.1, 0.15) is 43.2 Å². The van der Waals surface area contributed by atoms with Gasteiger partial charge in [-0.25, -0.2) is 0 Å². The molecule has 0 spiro atoms. The van der Waals surface area contributed by atoms with Crippen LogP contribution in [0.3, 0.4) is 0 Å². The molecule has 3 aromatic rings. The average molecular weight is 923 g/mol. The summed E-state index contributed by atoms with van der Waals surface area (Å²) in [4.78, 5) is 76.9. The minimum atomic E-state index is -2.49. The summed E-state index contributed by atoms with van der Waals surface area (Å²) >= 11 is 0. The number of hydrogen-bond acceptors (Lipinski definition) is 17. The minimum absolute atomic E-state index is 0.0443. The molecule has 2 heterocycles. The standard InChI is InChI=1S/C47H58N2O17/c1-28(50)49-39-36(62-30(3)52)22-47(46(56)48-6,66-42(39)41(64-32(5)54)38(63-31(4)53)26-57-29(2)51)61-27-37-40(55)43(58-23-33-16-10-7-11-17-33)44(59-24-34-18-12-8-13-19-34)45(65-37)60-25-35-20-14-9-15-21-35/h7-21,36-45,55H,22-27H2,1-6H3,(H,48,56)(H,49,50)/t36-,37+,38+,39+,40-,41+,42+,43-,44+,45+,47+/m0/s1. The van der Waals surface area contributed by atoms with Crippen molar-refractivity contribution in [3.63, 3.8) is 0 Å². The monoisotopic (exact) mass is 922 g/mol. The molecule has 2 amide bonds. The summed E-state index contributed by atoms with van der Waals surface area (Å²) in [7, 11) is 1.28. The quantitative estimate of drug-likeness (QED) is 0.103. The molecule has 0 bridgehead atoms. The highest BCUT2D eigenvalue weighted by atomic mass is 16.7. The van der Waals surface area contributed by atoms with Crippen molar-refractivity contribution in [1.29, 1.82) is 0 Å². The zero-order valence-corrected chi connectivity index (χ0v) is 37.7. The Bertz CT molecular complexity index is 2060. The molecule has 0 aliphatic carbocycles. The second-order valence-corrected chi connectivity index (χ2v) is 15.7. The zero-order valence-electron chi connectivity index (χ0n) is 37.7. The predicted molar refractivity (Wildman–Crippen MR) is 229 cm³/mol. The highest BCUT2D eigenvalue weighted by Crippen LogP contribution is 2.38. The Hall–Kier alpha value is -5.80. The number of hydrogen-bond donors (Lipinski definition) is 3. The fourth-order valence-corrected chi connectivity index (χ4v) is 7.64. The molecule has 3 aromatic carbocycles. The molecule has 0 unspecified atom stereocenters. The smallest absolute Gasteiger partial charge is 0.303 e. The summed E-state index contributed by atoms with van der Waals surface area (Å²) in [6.07, 6.45) is -13.4. The number of rotatable bonds is 21. The number of benzene rings is 3.